The van der Waals surface area contributed by atoms with Crippen molar-refractivity contribution in [1.29, 1.82) is 0 Å². The van der Waals surface area contributed by atoms with Gasteiger partial charge in [-0.2, -0.15) is 10.2 Å². The van der Waals surface area contributed by atoms with E-state index in [4.69, 9.17) is 0 Å². The van der Waals surface area contributed by atoms with Crippen molar-refractivity contribution in [3.05, 3.63) is 89.6 Å². The Morgan fingerprint density at radius 3 is 2.76 bits per heavy atom. The van der Waals surface area contributed by atoms with Gasteiger partial charge in [0.2, 0.25) is 0 Å². The molecule has 3 heterocycles. The first-order chi connectivity index (χ1) is 14.0. The summed E-state index contributed by atoms with van der Waals surface area (Å²) in [6.07, 6.45) is 6.40. The fourth-order valence-electron chi connectivity index (χ4n) is 2.97. The van der Waals surface area contributed by atoms with Gasteiger partial charge in [0.25, 0.3) is 5.91 Å². The molecule has 1 N–H and O–H groups in total. The van der Waals surface area contributed by atoms with E-state index in [1.807, 2.05) is 6.07 Å². The summed E-state index contributed by atoms with van der Waals surface area (Å²) in [5.41, 5.74) is 1.57. The number of carbonyl (C=O) groups is 1. The third kappa shape index (κ3) is 3.62. The molecule has 0 saturated carbocycles. The van der Waals surface area contributed by atoms with Gasteiger partial charge in [-0.25, -0.2) is 23.1 Å². The molecule has 3 aromatic heterocycles. The minimum atomic E-state index is -0.762. The molecule has 0 fully saturated rings. The summed E-state index contributed by atoms with van der Waals surface area (Å²) in [6.45, 7) is 1.86. The number of carbonyl (C=O) groups excluding carboxylic acids is 1. The molecule has 0 aliphatic rings. The maximum absolute atomic E-state index is 14.1. The van der Waals surface area contributed by atoms with E-state index in [9.17, 15) is 13.6 Å². The normalized spacial score (nSPS) is 10.9. The van der Waals surface area contributed by atoms with Crippen LogP contribution in [0.4, 0.5) is 8.78 Å². The number of nitrogens with one attached hydrogen (secondary N) is 1. The van der Waals surface area contributed by atoms with Crippen LogP contribution in [-0.4, -0.2) is 30.5 Å². The lowest BCUT2D eigenvalue weighted by molar-refractivity contribution is 0.0950. The van der Waals surface area contributed by atoms with E-state index in [1.165, 1.54) is 16.9 Å². The van der Waals surface area contributed by atoms with Crippen molar-refractivity contribution < 1.29 is 13.6 Å². The molecule has 0 aliphatic heterocycles. The predicted molar refractivity (Wildman–Crippen MR) is 101 cm³/mol. The second-order valence-corrected chi connectivity index (χ2v) is 6.27. The number of rotatable bonds is 5. The van der Waals surface area contributed by atoms with Gasteiger partial charge in [0, 0.05) is 36.8 Å². The van der Waals surface area contributed by atoms with Gasteiger partial charge in [0.1, 0.15) is 11.5 Å². The number of hydrogen-bond acceptors (Lipinski definition) is 4. The molecule has 7 nitrogen and oxygen atoms in total. The SMILES string of the molecule is Cc1c(C(=O)NCc2cccnc2-n2cccn2)cnn1-c1ccc(F)cc1F. The Hall–Kier alpha value is -3.88. The topological polar surface area (TPSA) is 77.6 Å². The van der Waals surface area contributed by atoms with Gasteiger partial charge in [-0.1, -0.05) is 6.07 Å². The number of pyridine rings is 1. The van der Waals surface area contributed by atoms with Gasteiger partial charge in [0.15, 0.2) is 11.6 Å². The van der Waals surface area contributed by atoms with Crippen molar-refractivity contribution in [1.82, 2.24) is 29.9 Å². The van der Waals surface area contributed by atoms with Gasteiger partial charge in [-0.05, 0) is 31.2 Å². The van der Waals surface area contributed by atoms with E-state index in [0.29, 0.717) is 17.1 Å². The van der Waals surface area contributed by atoms with Crippen LogP contribution in [0.15, 0.2) is 61.2 Å². The highest BCUT2D eigenvalue weighted by molar-refractivity contribution is 5.95. The molecule has 1 amide bonds. The summed E-state index contributed by atoms with van der Waals surface area (Å²) < 4.78 is 30.1. The maximum Gasteiger partial charge on any atom is 0.255 e. The molecular weight excluding hydrogens is 378 g/mol. The predicted octanol–water partition coefficient (Wildman–Crippen LogP) is 2.97. The standard InChI is InChI=1S/C20H16F2N6O/c1-13-16(12-26-28(13)18-6-5-15(21)10-17(18)22)20(29)24-11-14-4-2-7-23-19(14)27-9-3-8-25-27/h2-10,12H,11H2,1H3,(H,24,29). The van der Waals surface area contributed by atoms with Crippen molar-refractivity contribution in [3.63, 3.8) is 0 Å². The van der Waals surface area contributed by atoms with Crippen LogP contribution in [0.5, 0.6) is 0 Å². The smallest absolute Gasteiger partial charge is 0.255 e. The second kappa shape index (κ2) is 7.63. The summed E-state index contributed by atoms with van der Waals surface area (Å²) in [6, 6.07) is 8.58. The average Bonchev–Trinajstić information content (AvgIpc) is 3.37. The van der Waals surface area contributed by atoms with Gasteiger partial charge < -0.3 is 5.32 Å². The minimum Gasteiger partial charge on any atom is -0.348 e. The number of nitrogens with zero attached hydrogens (tertiary/aromatic N) is 5. The molecule has 29 heavy (non-hydrogen) atoms. The Morgan fingerprint density at radius 2 is 2.00 bits per heavy atom. The minimum absolute atomic E-state index is 0.0659. The van der Waals surface area contributed by atoms with Gasteiger partial charge in [-0.15, -0.1) is 0 Å². The molecule has 0 atom stereocenters. The largest absolute Gasteiger partial charge is 0.348 e. The highest BCUT2D eigenvalue weighted by atomic mass is 19.1. The zero-order valence-corrected chi connectivity index (χ0v) is 15.4. The molecule has 4 rings (SSSR count). The van der Waals surface area contributed by atoms with Crippen molar-refractivity contribution in [3.8, 4) is 11.5 Å². The van der Waals surface area contributed by atoms with E-state index in [1.54, 1.807) is 42.3 Å². The van der Waals surface area contributed by atoms with Crippen molar-refractivity contribution in [2.75, 3.05) is 0 Å². The summed E-state index contributed by atoms with van der Waals surface area (Å²) in [7, 11) is 0. The summed E-state index contributed by atoms with van der Waals surface area (Å²) in [4.78, 5) is 17.0. The van der Waals surface area contributed by atoms with Crippen molar-refractivity contribution >= 4 is 5.91 Å². The molecule has 146 valence electrons. The van der Waals surface area contributed by atoms with E-state index in [-0.39, 0.29) is 18.1 Å². The van der Waals surface area contributed by atoms with E-state index in [2.05, 4.69) is 20.5 Å². The summed E-state index contributed by atoms with van der Waals surface area (Å²) >= 11 is 0. The Balaban J connectivity index is 1.54. The number of amides is 1. The van der Waals surface area contributed by atoms with Gasteiger partial charge >= 0.3 is 0 Å². The molecule has 0 radical (unpaired) electrons. The zero-order chi connectivity index (χ0) is 20.4. The number of aromatic nitrogens is 5. The molecule has 0 bridgehead atoms. The summed E-state index contributed by atoms with van der Waals surface area (Å²) in [5.74, 6) is -1.20. The van der Waals surface area contributed by atoms with Crippen LogP contribution in [0, 0.1) is 18.6 Å². The van der Waals surface area contributed by atoms with Crippen LogP contribution in [0.1, 0.15) is 21.6 Å². The van der Waals surface area contributed by atoms with Crippen LogP contribution in [0.2, 0.25) is 0 Å². The molecule has 0 aliphatic carbocycles. The molecule has 0 unspecified atom stereocenters. The third-order valence-corrected chi connectivity index (χ3v) is 4.42. The van der Waals surface area contributed by atoms with Crippen LogP contribution < -0.4 is 5.32 Å². The number of benzene rings is 1. The highest BCUT2D eigenvalue weighted by Crippen LogP contribution is 2.18. The lowest BCUT2D eigenvalue weighted by atomic mass is 10.2. The van der Waals surface area contributed by atoms with Crippen LogP contribution in [0.25, 0.3) is 11.5 Å². The Labute approximate surface area is 164 Å². The molecule has 1 aromatic carbocycles. The lowest BCUT2D eigenvalue weighted by Crippen LogP contribution is -2.24. The van der Waals surface area contributed by atoms with E-state index >= 15 is 0 Å². The fourth-order valence-corrected chi connectivity index (χ4v) is 2.97. The molecular formula is C20H16F2N6O. The van der Waals surface area contributed by atoms with Crippen LogP contribution in [0.3, 0.4) is 0 Å². The number of hydrogen-bond donors (Lipinski definition) is 1. The van der Waals surface area contributed by atoms with E-state index in [0.717, 1.165) is 17.7 Å². The molecule has 0 saturated heterocycles. The monoisotopic (exact) mass is 394 g/mol. The lowest BCUT2D eigenvalue weighted by Gasteiger charge is -2.10. The average molecular weight is 394 g/mol. The highest BCUT2D eigenvalue weighted by Gasteiger charge is 2.18. The molecule has 4 aromatic rings. The van der Waals surface area contributed by atoms with Crippen molar-refractivity contribution in [2.24, 2.45) is 0 Å². The quantitative estimate of drug-likeness (QED) is 0.565. The second-order valence-electron chi connectivity index (χ2n) is 6.27. The Kier molecular flexibility index (Phi) is 4.86. The first-order valence-corrected chi connectivity index (χ1v) is 8.77. The summed E-state index contributed by atoms with van der Waals surface area (Å²) in [5, 5.41) is 11.1. The van der Waals surface area contributed by atoms with Crippen molar-refractivity contribution in [2.45, 2.75) is 13.5 Å². The first kappa shape index (κ1) is 18.5. The van der Waals surface area contributed by atoms with Crippen LogP contribution >= 0.6 is 0 Å². The third-order valence-electron chi connectivity index (χ3n) is 4.42. The van der Waals surface area contributed by atoms with Gasteiger partial charge in [-0.3, -0.25) is 4.79 Å². The molecule has 9 heteroatoms. The fraction of sp³-hybridized carbons (Fsp3) is 0.100. The maximum atomic E-state index is 14.1. The van der Waals surface area contributed by atoms with Crippen LogP contribution in [-0.2, 0) is 6.54 Å². The first-order valence-electron chi connectivity index (χ1n) is 8.77. The van der Waals surface area contributed by atoms with Gasteiger partial charge in [0.05, 0.1) is 17.5 Å². The zero-order valence-electron chi connectivity index (χ0n) is 15.4. The Morgan fingerprint density at radius 1 is 1.14 bits per heavy atom. The molecule has 0 spiro atoms. The Bertz CT molecular complexity index is 1170. The number of halogens is 2. The van der Waals surface area contributed by atoms with E-state index < -0.39 is 11.6 Å².